The molecule has 1 aliphatic rings. The summed E-state index contributed by atoms with van der Waals surface area (Å²) in [7, 11) is 1.86. The minimum Gasteiger partial charge on any atom is -0.379 e. The van der Waals surface area contributed by atoms with Gasteiger partial charge in [-0.15, -0.1) is 0 Å². The van der Waals surface area contributed by atoms with Crippen LogP contribution in [0.25, 0.3) is 0 Å². The van der Waals surface area contributed by atoms with Crippen LogP contribution in [0.4, 0.5) is 0 Å². The first-order chi connectivity index (χ1) is 7.50. The predicted molar refractivity (Wildman–Crippen MR) is 69.7 cm³/mol. The highest BCUT2D eigenvalue weighted by molar-refractivity contribution is 4.92. The lowest BCUT2D eigenvalue weighted by molar-refractivity contribution is -0.0254. The fourth-order valence-corrected chi connectivity index (χ4v) is 3.11. The third-order valence-corrected chi connectivity index (χ3v) is 3.78. The summed E-state index contributed by atoms with van der Waals surface area (Å²) in [6.45, 7) is 10.1. The first-order valence-electron chi connectivity index (χ1n) is 6.77. The highest BCUT2D eigenvalue weighted by atomic mass is 16.5. The largest absolute Gasteiger partial charge is 0.379 e. The minimum atomic E-state index is 0.212. The number of ether oxygens (including phenoxy) is 1. The van der Waals surface area contributed by atoms with Crippen LogP contribution >= 0.6 is 0 Å². The van der Waals surface area contributed by atoms with E-state index in [4.69, 9.17) is 4.74 Å². The maximum Gasteiger partial charge on any atom is 0.0775 e. The summed E-state index contributed by atoms with van der Waals surface area (Å²) in [5, 5.41) is 3.66. The van der Waals surface area contributed by atoms with Gasteiger partial charge < -0.3 is 10.1 Å². The van der Waals surface area contributed by atoms with Gasteiger partial charge in [-0.2, -0.15) is 0 Å². The van der Waals surface area contributed by atoms with Crippen molar-refractivity contribution < 1.29 is 4.74 Å². The van der Waals surface area contributed by atoms with E-state index in [-0.39, 0.29) is 5.41 Å². The Morgan fingerprint density at radius 1 is 1.25 bits per heavy atom. The predicted octanol–water partition coefficient (Wildman–Crippen LogP) is 3.22. The van der Waals surface area contributed by atoms with E-state index in [2.05, 4.69) is 33.0 Å². The maximum absolute atomic E-state index is 5.78. The molecule has 0 aromatic heterocycles. The molecule has 0 saturated heterocycles. The number of methoxy groups -OCH3 is 1. The van der Waals surface area contributed by atoms with Crippen molar-refractivity contribution >= 4 is 0 Å². The molecule has 0 aromatic carbocycles. The Bertz CT molecular complexity index is 191. The zero-order chi connectivity index (χ0) is 12.2. The average Bonchev–Trinajstić information content (AvgIpc) is 2.68. The summed E-state index contributed by atoms with van der Waals surface area (Å²) < 4.78 is 5.78. The Hall–Kier alpha value is -0.0800. The van der Waals surface area contributed by atoms with Gasteiger partial charge in [0.05, 0.1) is 6.10 Å². The van der Waals surface area contributed by atoms with Crippen LogP contribution in [0.5, 0.6) is 0 Å². The molecular weight excluding hydrogens is 198 g/mol. The highest BCUT2D eigenvalue weighted by Crippen LogP contribution is 2.35. The first kappa shape index (κ1) is 14.0. The molecule has 0 spiro atoms. The monoisotopic (exact) mass is 227 g/mol. The summed E-state index contributed by atoms with van der Waals surface area (Å²) >= 11 is 0. The molecule has 0 radical (unpaired) electrons. The van der Waals surface area contributed by atoms with E-state index in [1.54, 1.807) is 0 Å². The fraction of sp³-hybridized carbons (Fsp3) is 1.00. The van der Waals surface area contributed by atoms with Crippen LogP contribution in [0.3, 0.4) is 0 Å². The standard InChI is InChI=1S/C14H29NO/c1-6-15-12(11-9-7-8-10-11)13(16-5)14(2,3)4/h11-13,15H,6-10H2,1-5H3. The van der Waals surface area contributed by atoms with Crippen molar-refractivity contribution in [1.29, 1.82) is 0 Å². The van der Waals surface area contributed by atoms with E-state index in [0.29, 0.717) is 12.1 Å². The first-order valence-corrected chi connectivity index (χ1v) is 6.77. The molecule has 1 aliphatic carbocycles. The summed E-state index contributed by atoms with van der Waals surface area (Å²) in [5.41, 5.74) is 0.212. The van der Waals surface area contributed by atoms with E-state index < -0.39 is 0 Å². The zero-order valence-electron chi connectivity index (χ0n) is 11.7. The molecule has 0 aliphatic heterocycles. The van der Waals surface area contributed by atoms with Gasteiger partial charge >= 0.3 is 0 Å². The Labute approximate surface area is 101 Å². The molecule has 0 aromatic rings. The summed E-state index contributed by atoms with van der Waals surface area (Å²) in [6.07, 6.45) is 5.84. The number of hydrogen-bond acceptors (Lipinski definition) is 2. The molecule has 0 bridgehead atoms. The molecule has 2 nitrogen and oxygen atoms in total. The molecule has 1 N–H and O–H groups in total. The lowest BCUT2D eigenvalue weighted by Gasteiger charge is -2.39. The lowest BCUT2D eigenvalue weighted by atomic mass is 9.79. The SMILES string of the molecule is CCNC(C1CCCC1)C(OC)C(C)(C)C. The highest BCUT2D eigenvalue weighted by Gasteiger charge is 2.37. The smallest absolute Gasteiger partial charge is 0.0775 e. The molecule has 1 rings (SSSR count). The normalized spacial score (nSPS) is 22.3. The zero-order valence-corrected chi connectivity index (χ0v) is 11.7. The van der Waals surface area contributed by atoms with Crippen LogP contribution in [0.2, 0.25) is 0 Å². The molecule has 16 heavy (non-hydrogen) atoms. The third-order valence-electron chi connectivity index (χ3n) is 3.78. The van der Waals surface area contributed by atoms with Crippen molar-refractivity contribution in [1.82, 2.24) is 5.32 Å². The van der Waals surface area contributed by atoms with Crippen LogP contribution in [0.1, 0.15) is 53.4 Å². The van der Waals surface area contributed by atoms with E-state index in [0.717, 1.165) is 12.5 Å². The number of nitrogens with one attached hydrogen (secondary N) is 1. The topological polar surface area (TPSA) is 21.3 Å². The van der Waals surface area contributed by atoms with Gasteiger partial charge in [0.2, 0.25) is 0 Å². The van der Waals surface area contributed by atoms with E-state index in [1.165, 1.54) is 25.7 Å². The van der Waals surface area contributed by atoms with E-state index in [1.807, 2.05) is 7.11 Å². The Balaban J connectivity index is 2.72. The molecule has 2 unspecified atom stereocenters. The quantitative estimate of drug-likeness (QED) is 0.778. The molecule has 1 fully saturated rings. The van der Waals surface area contributed by atoms with Gasteiger partial charge in [-0.1, -0.05) is 40.5 Å². The van der Waals surface area contributed by atoms with Crippen molar-refractivity contribution in [3.63, 3.8) is 0 Å². The van der Waals surface area contributed by atoms with Crippen molar-refractivity contribution in [3.05, 3.63) is 0 Å². The van der Waals surface area contributed by atoms with Crippen LogP contribution < -0.4 is 5.32 Å². The average molecular weight is 227 g/mol. The molecule has 2 atom stereocenters. The van der Waals surface area contributed by atoms with Gasteiger partial charge in [-0.05, 0) is 30.7 Å². The second-order valence-corrected chi connectivity index (χ2v) is 6.15. The summed E-state index contributed by atoms with van der Waals surface area (Å²) in [5.74, 6) is 0.809. The molecule has 1 saturated carbocycles. The number of rotatable bonds is 5. The second-order valence-electron chi connectivity index (χ2n) is 6.15. The maximum atomic E-state index is 5.78. The molecule has 0 amide bonds. The minimum absolute atomic E-state index is 0.212. The molecule has 96 valence electrons. The van der Waals surface area contributed by atoms with Gasteiger partial charge in [0, 0.05) is 13.2 Å². The van der Waals surface area contributed by atoms with E-state index >= 15 is 0 Å². The van der Waals surface area contributed by atoms with Gasteiger partial charge in [-0.25, -0.2) is 0 Å². The van der Waals surface area contributed by atoms with Crippen LogP contribution in [-0.2, 0) is 4.74 Å². The van der Waals surface area contributed by atoms with Gasteiger partial charge in [-0.3, -0.25) is 0 Å². The van der Waals surface area contributed by atoms with Crippen molar-refractivity contribution in [3.8, 4) is 0 Å². The van der Waals surface area contributed by atoms with Crippen molar-refractivity contribution in [2.45, 2.75) is 65.5 Å². The second kappa shape index (κ2) is 6.02. The molecular formula is C14H29NO. The Kier molecular flexibility index (Phi) is 5.26. The number of likely N-dealkylation sites (N-methyl/N-ethyl adjacent to an activating group) is 1. The van der Waals surface area contributed by atoms with Crippen molar-refractivity contribution in [2.75, 3.05) is 13.7 Å². The summed E-state index contributed by atoms with van der Waals surface area (Å²) in [6, 6.07) is 0.525. The van der Waals surface area contributed by atoms with Gasteiger partial charge in [0.25, 0.3) is 0 Å². The van der Waals surface area contributed by atoms with Gasteiger partial charge in [0.15, 0.2) is 0 Å². The van der Waals surface area contributed by atoms with Crippen LogP contribution in [0.15, 0.2) is 0 Å². The number of hydrogen-bond donors (Lipinski definition) is 1. The Morgan fingerprint density at radius 2 is 1.81 bits per heavy atom. The Morgan fingerprint density at radius 3 is 2.19 bits per heavy atom. The van der Waals surface area contributed by atoms with Crippen LogP contribution in [-0.4, -0.2) is 25.8 Å². The van der Waals surface area contributed by atoms with Gasteiger partial charge in [0.1, 0.15) is 0 Å². The lowest BCUT2D eigenvalue weighted by Crippen LogP contribution is -2.51. The van der Waals surface area contributed by atoms with E-state index in [9.17, 15) is 0 Å². The van der Waals surface area contributed by atoms with Crippen molar-refractivity contribution in [2.24, 2.45) is 11.3 Å². The van der Waals surface area contributed by atoms with Crippen LogP contribution in [0, 0.1) is 11.3 Å². The summed E-state index contributed by atoms with van der Waals surface area (Å²) in [4.78, 5) is 0. The molecule has 2 heteroatoms. The molecule has 0 heterocycles. The third kappa shape index (κ3) is 3.46. The fourth-order valence-electron chi connectivity index (χ4n) is 3.11.